The number of aliphatic imine (C=N–C) groups is 1. The average Bonchev–Trinajstić information content (AvgIpc) is 2.55. The number of nitrogens with zero attached hydrogens (tertiary/aromatic N) is 1. The van der Waals surface area contributed by atoms with E-state index in [0.717, 1.165) is 11.7 Å². The van der Waals surface area contributed by atoms with Gasteiger partial charge in [0.2, 0.25) is 0 Å². The zero-order valence-corrected chi connectivity index (χ0v) is 16.3. The van der Waals surface area contributed by atoms with Crippen LogP contribution in [0.5, 0.6) is 0 Å². The molecule has 0 rings (SSSR count). The predicted octanol–water partition coefficient (Wildman–Crippen LogP) is 6.41. The number of thioether (sulfide) groups is 1. The molecule has 0 radical (unpaired) electrons. The van der Waals surface area contributed by atoms with Gasteiger partial charge in [0.05, 0.1) is 0 Å². The molecule has 22 heavy (non-hydrogen) atoms. The molecule has 0 spiro atoms. The zero-order chi connectivity index (χ0) is 16.3. The van der Waals surface area contributed by atoms with E-state index in [1.807, 2.05) is 7.05 Å². The van der Waals surface area contributed by atoms with E-state index in [0.29, 0.717) is 0 Å². The summed E-state index contributed by atoms with van der Waals surface area (Å²) in [6.45, 7) is 3.36. The van der Waals surface area contributed by atoms with Crippen molar-refractivity contribution in [3.05, 3.63) is 0 Å². The summed E-state index contributed by atoms with van der Waals surface area (Å²) in [7, 11) is 1.85. The number of amidine groups is 1. The first-order chi connectivity index (χ1) is 10.8. The van der Waals surface area contributed by atoms with Gasteiger partial charge in [-0.2, -0.15) is 0 Å². The summed E-state index contributed by atoms with van der Waals surface area (Å²) in [6.07, 6.45) is 22.0. The second-order valence-corrected chi connectivity index (χ2v) is 7.05. The van der Waals surface area contributed by atoms with Crippen molar-refractivity contribution in [3.63, 3.8) is 0 Å². The van der Waals surface area contributed by atoms with Crippen LogP contribution in [0.25, 0.3) is 0 Å². The number of rotatable bonds is 15. The first kappa shape index (κ1) is 21.8. The molecule has 0 saturated carbocycles. The van der Waals surface area contributed by atoms with Gasteiger partial charge in [-0.15, -0.1) is 0 Å². The Hall–Kier alpha value is -0.180. The maximum absolute atomic E-state index is 4.18. The molecule has 0 unspecified atom stereocenters. The van der Waals surface area contributed by atoms with Crippen LogP contribution in [0.1, 0.15) is 96.8 Å². The fourth-order valence-corrected chi connectivity index (χ4v) is 3.19. The number of hydrogen-bond acceptors (Lipinski definition) is 2. The fraction of sp³-hybridized carbons (Fsp3) is 0.947. The van der Waals surface area contributed by atoms with E-state index in [1.54, 1.807) is 11.8 Å². The Bertz CT molecular complexity index is 242. The molecule has 0 atom stereocenters. The topological polar surface area (TPSA) is 24.4 Å². The van der Waals surface area contributed by atoms with Crippen LogP contribution < -0.4 is 5.32 Å². The van der Waals surface area contributed by atoms with E-state index < -0.39 is 0 Å². The Morgan fingerprint density at radius 1 is 0.727 bits per heavy atom. The minimum atomic E-state index is 1.06. The predicted molar refractivity (Wildman–Crippen MR) is 105 cm³/mol. The third-order valence-electron chi connectivity index (χ3n) is 4.20. The third kappa shape index (κ3) is 16.2. The van der Waals surface area contributed by atoms with Crippen molar-refractivity contribution in [1.82, 2.24) is 5.32 Å². The SMILES string of the molecule is CCCCCCCCCCCCCCCCNC(=NC)SC. The quantitative estimate of drug-likeness (QED) is 0.213. The summed E-state index contributed by atoms with van der Waals surface area (Å²) in [6, 6.07) is 0. The van der Waals surface area contributed by atoms with Gasteiger partial charge in [0, 0.05) is 13.6 Å². The van der Waals surface area contributed by atoms with Crippen molar-refractivity contribution in [3.8, 4) is 0 Å². The first-order valence-corrected chi connectivity index (χ1v) is 10.8. The van der Waals surface area contributed by atoms with Gasteiger partial charge in [0.25, 0.3) is 0 Å². The van der Waals surface area contributed by atoms with Crippen LogP contribution in [0.2, 0.25) is 0 Å². The monoisotopic (exact) mass is 328 g/mol. The van der Waals surface area contributed by atoms with Crippen LogP contribution in [0, 0.1) is 0 Å². The van der Waals surface area contributed by atoms with Gasteiger partial charge >= 0.3 is 0 Å². The highest BCUT2D eigenvalue weighted by Gasteiger charge is 1.95. The number of unbranched alkanes of at least 4 members (excludes halogenated alkanes) is 13. The number of nitrogens with one attached hydrogen (secondary N) is 1. The molecule has 0 fully saturated rings. The third-order valence-corrected chi connectivity index (χ3v) is 4.92. The van der Waals surface area contributed by atoms with Crippen molar-refractivity contribution < 1.29 is 0 Å². The molecule has 132 valence electrons. The lowest BCUT2D eigenvalue weighted by atomic mass is 10.0. The smallest absolute Gasteiger partial charge is 0.155 e. The second kappa shape index (κ2) is 18.9. The van der Waals surface area contributed by atoms with Crippen molar-refractivity contribution >= 4 is 16.9 Å². The summed E-state index contributed by atoms with van der Waals surface area (Å²) in [5.41, 5.74) is 0. The molecule has 0 saturated heterocycles. The van der Waals surface area contributed by atoms with Crippen molar-refractivity contribution in [2.24, 2.45) is 4.99 Å². The van der Waals surface area contributed by atoms with Crippen LogP contribution >= 0.6 is 11.8 Å². The van der Waals surface area contributed by atoms with Crippen molar-refractivity contribution in [2.75, 3.05) is 19.8 Å². The van der Waals surface area contributed by atoms with Gasteiger partial charge in [-0.1, -0.05) is 102 Å². The fourth-order valence-electron chi connectivity index (χ4n) is 2.76. The van der Waals surface area contributed by atoms with Crippen LogP contribution in [-0.2, 0) is 0 Å². The van der Waals surface area contributed by atoms with Gasteiger partial charge < -0.3 is 5.32 Å². The van der Waals surface area contributed by atoms with Crippen LogP contribution in [0.4, 0.5) is 0 Å². The van der Waals surface area contributed by atoms with Crippen molar-refractivity contribution in [1.29, 1.82) is 0 Å². The highest BCUT2D eigenvalue weighted by atomic mass is 32.2. The summed E-state index contributed by atoms with van der Waals surface area (Å²) in [5.74, 6) is 0. The molecular weight excluding hydrogens is 288 g/mol. The van der Waals surface area contributed by atoms with Gasteiger partial charge in [-0.3, -0.25) is 4.99 Å². The van der Waals surface area contributed by atoms with Gasteiger partial charge in [0.1, 0.15) is 0 Å². The molecule has 0 aliphatic rings. The molecule has 0 aromatic carbocycles. The van der Waals surface area contributed by atoms with Crippen molar-refractivity contribution in [2.45, 2.75) is 96.8 Å². The molecule has 2 nitrogen and oxygen atoms in total. The van der Waals surface area contributed by atoms with E-state index in [9.17, 15) is 0 Å². The lowest BCUT2D eigenvalue weighted by Crippen LogP contribution is -2.21. The maximum Gasteiger partial charge on any atom is 0.155 e. The van der Waals surface area contributed by atoms with E-state index >= 15 is 0 Å². The Morgan fingerprint density at radius 2 is 1.14 bits per heavy atom. The second-order valence-electron chi connectivity index (χ2n) is 6.26. The largest absolute Gasteiger partial charge is 0.365 e. The number of hydrogen-bond donors (Lipinski definition) is 1. The highest BCUT2D eigenvalue weighted by Crippen LogP contribution is 2.12. The summed E-state index contributed by atoms with van der Waals surface area (Å²) >= 11 is 1.70. The molecule has 0 heterocycles. The minimum absolute atomic E-state index is 1.06. The molecule has 0 aliphatic carbocycles. The summed E-state index contributed by atoms with van der Waals surface area (Å²) in [4.78, 5) is 4.18. The minimum Gasteiger partial charge on any atom is -0.365 e. The Morgan fingerprint density at radius 3 is 1.50 bits per heavy atom. The van der Waals surface area contributed by atoms with E-state index in [2.05, 4.69) is 23.5 Å². The molecule has 0 amide bonds. The molecule has 0 aromatic rings. The van der Waals surface area contributed by atoms with Gasteiger partial charge in [0.15, 0.2) is 5.17 Å². The maximum atomic E-state index is 4.18. The van der Waals surface area contributed by atoms with E-state index in [1.165, 1.54) is 89.9 Å². The normalized spacial score (nSPS) is 11.9. The molecule has 0 aromatic heterocycles. The Kier molecular flexibility index (Phi) is 18.7. The van der Waals surface area contributed by atoms with E-state index in [-0.39, 0.29) is 0 Å². The molecule has 1 N–H and O–H groups in total. The first-order valence-electron chi connectivity index (χ1n) is 9.59. The van der Waals surface area contributed by atoms with Gasteiger partial charge in [-0.05, 0) is 12.7 Å². The molecule has 0 bridgehead atoms. The Labute approximate surface area is 144 Å². The zero-order valence-electron chi connectivity index (χ0n) is 15.5. The molecular formula is C19H40N2S. The summed E-state index contributed by atoms with van der Waals surface area (Å²) in [5, 5.41) is 4.44. The molecule has 3 heteroatoms. The lowest BCUT2D eigenvalue weighted by Gasteiger charge is -2.06. The van der Waals surface area contributed by atoms with Crippen LogP contribution in [-0.4, -0.2) is 25.0 Å². The standard InChI is InChI=1S/C19H40N2S/c1-4-5-6-7-8-9-10-11-12-13-14-15-16-17-18-21-19(20-2)22-3/h4-18H2,1-3H3,(H,20,21). The lowest BCUT2D eigenvalue weighted by molar-refractivity contribution is 0.535. The van der Waals surface area contributed by atoms with Gasteiger partial charge in [-0.25, -0.2) is 0 Å². The average molecular weight is 329 g/mol. The summed E-state index contributed by atoms with van der Waals surface area (Å²) < 4.78 is 0. The Balaban J connectivity index is 3.05. The molecule has 0 aliphatic heterocycles. The van der Waals surface area contributed by atoms with Crippen LogP contribution in [0.3, 0.4) is 0 Å². The van der Waals surface area contributed by atoms with E-state index in [4.69, 9.17) is 0 Å². The highest BCUT2D eigenvalue weighted by molar-refractivity contribution is 8.13. The van der Waals surface area contributed by atoms with Crippen LogP contribution in [0.15, 0.2) is 4.99 Å².